The van der Waals surface area contributed by atoms with Crippen LogP contribution in [0.2, 0.25) is 0 Å². The molecule has 3 unspecified atom stereocenters. The summed E-state index contributed by atoms with van der Waals surface area (Å²) in [5, 5.41) is 6.71. The molecule has 1 aromatic rings. The van der Waals surface area contributed by atoms with Gasteiger partial charge >= 0.3 is 6.09 Å². The predicted octanol–water partition coefficient (Wildman–Crippen LogP) is 3.18. The molecule has 0 bridgehead atoms. The molecule has 3 atom stereocenters. The van der Waals surface area contributed by atoms with Gasteiger partial charge in [0.05, 0.1) is 12.6 Å². The number of amides is 1. The Hall–Kier alpha value is -2.31. The van der Waals surface area contributed by atoms with Crippen LogP contribution in [-0.4, -0.2) is 36.6 Å². The second-order valence-corrected chi connectivity index (χ2v) is 7.22. The van der Waals surface area contributed by atoms with Gasteiger partial charge in [-0.15, -0.1) is 0 Å². The van der Waals surface area contributed by atoms with Gasteiger partial charge in [-0.1, -0.05) is 6.07 Å². The lowest BCUT2D eigenvalue weighted by Gasteiger charge is -2.23. The number of halogens is 1. The van der Waals surface area contributed by atoms with Crippen LogP contribution in [0.25, 0.3) is 0 Å². The minimum atomic E-state index is -0.561. The van der Waals surface area contributed by atoms with Crippen LogP contribution in [0.15, 0.2) is 23.3 Å². The lowest BCUT2D eigenvalue weighted by Crippen LogP contribution is -2.37. The van der Waals surface area contributed by atoms with Gasteiger partial charge in [-0.25, -0.2) is 9.18 Å². The van der Waals surface area contributed by atoms with Crippen LogP contribution >= 0.6 is 0 Å². The average molecular weight is 351 g/mol. The van der Waals surface area contributed by atoms with Crippen molar-refractivity contribution >= 4 is 12.3 Å². The van der Waals surface area contributed by atoms with Crippen molar-refractivity contribution in [3.63, 3.8) is 0 Å². The fraction of sp³-hybridized carbons (Fsp3) is 0.556. The molecule has 0 radical (unpaired) electrons. The van der Waals surface area contributed by atoms with E-state index in [1.807, 2.05) is 6.92 Å². The van der Waals surface area contributed by atoms with Gasteiger partial charge in [0.15, 0.2) is 0 Å². The Balaban J connectivity index is 2.00. The van der Waals surface area contributed by atoms with Gasteiger partial charge in [-0.3, -0.25) is 0 Å². The standard InChI is InChI=1S/C18H26FN3O3/c1-11(9-20-17(23)25-18(3,4)5)24-16-8-13(19)6-7-14(16)15-10-21-22-12(15)2/h6-8,10-12,15,22H,9H2,1-5H3,(H,20,23). The molecule has 0 aliphatic carbocycles. The third-order valence-corrected chi connectivity index (χ3v) is 3.65. The fourth-order valence-corrected chi connectivity index (χ4v) is 2.49. The third-order valence-electron chi connectivity index (χ3n) is 3.65. The maximum absolute atomic E-state index is 13.7. The number of ether oxygens (including phenoxy) is 2. The number of benzene rings is 1. The molecule has 0 fully saturated rings. The van der Waals surface area contributed by atoms with E-state index in [2.05, 4.69) is 15.8 Å². The zero-order chi connectivity index (χ0) is 18.6. The topological polar surface area (TPSA) is 72.0 Å². The van der Waals surface area contributed by atoms with Crippen molar-refractivity contribution in [2.24, 2.45) is 5.10 Å². The highest BCUT2D eigenvalue weighted by Gasteiger charge is 2.25. The van der Waals surface area contributed by atoms with Crippen LogP contribution in [0.4, 0.5) is 9.18 Å². The minimum Gasteiger partial charge on any atom is -0.488 e. The van der Waals surface area contributed by atoms with Crippen molar-refractivity contribution in [3.05, 3.63) is 29.6 Å². The molecule has 1 aromatic carbocycles. The van der Waals surface area contributed by atoms with Gasteiger partial charge in [-0.2, -0.15) is 5.10 Å². The number of nitrogens with zero attached hydrogens (tertiary/aromatic N) is 1. The van der Waals surface area contributed by atoms with E-state index in [-0.39, 0.29) is 30.4 Å². The molecule has 6 nitrogen and oxygen atoms in total. The van der Waals surface area contributed by atoms with Crippen molar-refractivity contribution < 1.29 is 18.7 Å². The lowest BCUT2D eigenvalue weighted by atomic mass is 9.94. The largest absolute Gasteiger partial charge is 0.488 e. The summed E-state index contributed by atoms with van der Waals surface area (Å²) < 4.78 is 24.7. The molecule has 0 spiro atoms. The molecule has 7 heteroatoms. The van der Waals surface area contributed by atoms with E-state index in [0.29, 0.717) is 5.75 Å². The number of nitrogens with one attached hydrogen (secondary N) is 2. The molecule has 1 heterocycles. The molecule has 0 saturated heterocycles. The van der Waals surface area contributed by atoms with E-state index in [1.54, 1.807) is 40.0 Å². The Labute approximate surface area is 147 Å². The van der Waals surface area contributed by atoms with Gasteiger partial charge in [0.2, 0.25) is 0 Å². The first-order chi connectivity index (χ1) is 11.7. The van der Waals surface area contributed by atoms with Crippen molar-refractivity contribution in [2.75, 3.05) is 6.54 Å². The van der Waals surface area contributed by atoms with Crippen molar-refractivity contribution in [2.45, 2.75) is 58.3 Å². The van der Waals surface area contributed by atoms with E-state index in [1.165, 1.54) is 12.1 Å². The summed E-state index contributed by atoms with van der Waals surface area (Å²) in [6.07, 6.45) is 0.923. The number of hydrogen-bond acceptors (Lipinski definition) is 5. The molecule has 1 amide bonds. The van der Waals surface area contributed by atoms with Crippen LogP contribution in [0.3, 0.4) is 0 Å². The first-order valence-electron chi connectivity index (χ1n) is 8.37. The Morgan fingerprint density at radius 1 is 1.44 bits per heavy atom. The van der Waals surface area contributed by atoms with E-state index >= 15 is 0 Å². The molecule has 2 rings (SSSR count). The summed E-state index contributed by atoms with van der Waals surface area (Å²) in [5.41, 5.74) is 3.26. The molecule has 0 saturated carbocycles. The van der Waals surface area contributed by atoms with Crippen LogP contribution in [0.1, 0.15) is 46.1 Å². The summed E-state index contributed by atoms with van der Waals surface area (Å²) in [7, 11) is 0. The predicted molar refractivity (Wildman–Crippen MR) is 94.6 cm³/mol. The number of rotatable bonds is 5. The molecule has 25 heavy (non-hydrogen) atoms. The van der Waals surface area contributed by atoms with Gasteiger partial charge in [0, 0.05) is 23.8 Å². The van der Waals surface area contributed by atoms with Gasteiger partial charge < -0.3 is 20.2 Å². The Morgan fingerprint density at radius 2 is 2.16 bits per heavy atom. The molecule has 0 aromatic heterocycles. The Bertz CT molecular complexity index is 643. The van der Waals surface area contributed by atoms with Gasteiger partial charge in [-0.05, 0) is 40.7 Å². The quantitative estimate of drug-likeness (QED) is 0.855. The zero-order valence-corrected chi connectivity index (χ0v) is 15.3. The van der Waals surface area contributed by atoms with Crippen LogP contribution < -0.4 is 15.5 Å². The average Bonchev–Trinajstić information content (AvgIpc) is 2.90. The number of carbonyl (C=O) groups is 1. The van der Waals surface area contributed by atoms with Gasteiger partial charge in [0.25, 0.3) is 0 Å². The highest BCUT2D eigenvalue weighted by molar-refractivity contribution is 5.72. The van der Waals surface area contributed by atoms with Gasteiger partial charge in [0.1, 0.15) is 23.3 Å². The molecule has 2 N–H and O–H groups in total. The number of hydrogen-bond donors (Lipinski definition) is 2. The van der Waals surface area contributed by atoms with Crippen molar-refractivity contribution in [1.82, 2.24) is 10.7 Å². The Kier molecular flexibility index (Phi) is 5.87. The SMILES string of the molecule is CC(CNC(=O)OC(C)(C)C)Oc1cc(F)ccc1C1C=NNC1C. The van der Waals surface area contributed by atoms with Crippen LogP contribution in [-0.2, 0) is 4.74 Å². The van der Waals surface area contributed by atoms with Crippen LogP contribution in [0.5, 0.6) is 5.75 Å². The van der Waals surface area contributed by atoms with Crippen molar-refractivity contribution in [1.29, 1.82) is 0 Å². The molecular weight excluding hydrogens is 325 g/mol. The molecule has 1 aliphatic rings. The highest BCUT2D eigenvalue weighted by atomic mass is 19.1. The molecule has 138 valence electrons. The second-order valence-electron chi connectivity index (χ2n) is 7.22. The van der Waals surface area contributed by atoms with E-state index in [4.69, 9.17) is 9.47 Å². The van der Waals surface area contributed by atoms with E-state index in [9.17, 15) is 9.18 Å². The first-order valence-corrected chi connectivity index (χ1v) is 8.37. The molecule has 1 aliphatic heterocycles. The summed E-state index contributed by atoms with van der Waals surface area (Å²) in [5.74, 6) is 0.0775. The molecular formula is C18H26FN3O3. The highest BCUT2D eigenvalue weighted by Crippen LogP contribution is 2.31. The summed E-state index contributed by atoms with van der Waals surface area (Å²) in [6, 6.07) is 4.57. The van der Waals surface area contributed by atoms with Crippen LogP contribution in [0, 0.1) is 5.82 Å². The van der Waals surface area contributed by atoms with E-state index < -0.39 is 11.7 Å². The Morgan fingerprint density at radius 3 is 2.76 bits per heavy atom. The normalized spacial score (nSPS) is 20.7. The lowest BCUT2D eigenvalue weighted by molar-refractivity contribution is 0.0504. The summed E-state index contributed by atoms with van der Waals surface area (Å²) in [4.78, 5) is 11.7. The maximum Gasteiger partial charge on any atom is 0.407 e. The zero-order valence-electron chi connectivity index (χ0n) is 15.3. The minimum absolute atomic E-state index is 0.00150. The summed E-state index contributed by atoms with van der Waals surface area (Å²) >= 11 is 0. The second kappa shape index (κ2) is 7.72. The first kappa shape index (κ1) is 19.0. The maximum atomic E-state index is 13.7. The summed E-state index contributed by atoms with van der Waals surface area (Å²) in [6.45, 7) is 9.43. The number of alkyl carbamates (subject to hydrolysis) is 1. The number of carbonyl (C=O) groups excluding carboxylic acids is 1. The van der Waals surface area contributed by atoms with E-state index in [0.717, 1.165) is 5.56 Å². The third kappa shape index (κ3) is 5.62. The van der Waals surface area contributed by atoms with Crippen molar-refractivity contribution in [3.8, 4) is 5.75 Å². The number of hydrazone groups is 1. The fourth-order valence-electron chi connectivity index (χ4n) is 2.49. The monoisotopic (exact) mass is 351 g/mol. The smallest absolute Gasteiger partial charge is 0.407 e.